The maximum atomic E-state index is 10.9. The summed E-state index contributed by atoms with van der Waals surface area (Å²) in [5.41, 5.74) is 6.17. The number of amides is 2. The molecule has 26 heavy (non-hydrogen) atoms. The van der Waals surface area contributed by atoms with Crippen LogP contribution < -0.4 is 15.8 Å². The fourth-order valence-corrected chi connectivity index (χ4v) is 1.98. The van der Waals surface area contributed by atoms with Gasteiger partial charge < -0.3 is 26.0 Å². The van der Waals surface area contributed by atoms with E-state index in [1.165, 1.54) is 13.0 Å². The maximum absolute atomic E-state index is 10.9. The first-order valence-electron chi connectivity index (χ1n) is 8.09. The van der Waals surface area contributed by atoms with Crippen LogP contribution in [0.5, 0.6) is 11.5 Å². The Morgan fingerprint density at radius 1 is 1.12 bits per heavy atom. The van der Waals surface area contributed by atoms with E-state index in [2.05, 4.69) is 5.32 Å². The number of para-hydroxylation sites is 3. The van der Waals surface area contributed by atoms with Crippen molar-refractivity contribution in [2.45, 2.75) is 19.8 Å². The van der Waals surface area contributed by atoms with Crippen molar-refractivity contribution in [3.63, 3.8) is 0 Å². The molecule has 0 radical (unpaired) electrons. The predicted octanol–water partition coefficient (Wildman–Crippen LogP) is 1.83. The van der Waals surface area contributed by atoms with Crippen molar-refractivity contribution in [2.24, 2.45) is 5.73 Å². The van der Waals surface area contributed by atoms with Crippen molar-refractivity contribution in [2.75, 3.05) is 18.5 Å². The average molecular weight is 360 g/mol. The second-order valence-electron chi connectivity index (χ2n) is 5.37. The van der Waals surface area contributed by atoms with Crippen LogP contribution >= 0.6 is 0 Å². The molecule has 0 aliphatic heterocycles. The molecule has 0 saturated heterocycles. The van der Waals surface area contributed by atoms with Crippen molar-refractivity contribution in [3.8, 4) is 11.5 Å². The number of anilines is 1. The first kappa shape index (κ1) is 21.0. The summed E-state index contributed by atoms with van der Waals surface area (Å²) >= 11 is 0. The number of aliphatic hydroxyl groups is 1. The van der Waals surface area contributed by atoms with Gasteiger partial charge in [0.25, 0.3) is 0 Å². The molecule has 0 atom stereocenters. The van der Waals surface area contributed by atoms with Crippen LogP contribution in [0.4, 0.5) is 5.69 Å². The number of phenols is 1. The van der Waals surface area contributed by atoms with Crippen LogP contribution in [0.15, 0.2) is 48.5 Å². The molecule has 0 unspecified atom stereocenters. The van der Waals surface area contributed by atoms with Gasteiger partial charge in [0.15, 0.2) is 0 Å². The zero-order chi connectivity index (χ0) is 19.4. The topological polar surface area (TPSA) is 122 Å². The van der Waals surface area contributed by atoms with Gasteiger partial charge in [0.2, 0.25) is 11.8 Å². The number of phenolic OH excluding ortho intramolecular Hbond substituents is 1. The van der Waals surface area contributed by atoms with E-state index in [0.717, 1.165) is 0 Å². The zero-order valence-electron chi connectivity index (χ0n) is 14.6. The zero-order valence-corrected chi connectivity index (χ0v) is 14.6. The van der Waals surface area contributed by atoms with Crippen molar-refractivity contribution in [1.82, 2.24) is 0 Å². The molecule has 2 aromatic carbocycles. The highest BCUT2D eigenvalue weighted by Gasteiger charge is 2.03. The predicted molar refractivity (Wildman–Crippen MR) is 98.9 cm³/mol. The van der Waals surface area contributed by atoms with Crippen LogP contribution in [0.1, 0.15) is 18.9 Å². The number of rotatable bonds is 7. The molecule has 7 nitrogen and oxygen atoms in total. The highest BCUT2D eigenvalue weighted by atomic mass is 16.5. The Morgan fingerprint density at radius 3 is 2.38 bits per heavy atom. The van der Waals surface area contributed by atoms with Crippen LogP contribution in [0.2, 0.25) is 0 Å². The minimum Gasteiger partial charge on any atom is -0.508 e. The molecule has 2 rings (SSSR count). The minimum atomic E-state index is -0.438. The van der Waals surface area contributed by atoms with Crippen LogP contribution in [0.3, 0.4) is 0 Å². The lowest BCUT2D eigenvalue weighted by molar-refractivity contribution is -0.117. The Labute approximate surface area is 152 Å². The van der Waals surface area contributed by atoms with Crippen LogP contribution in [0, 0.1) is 0 Å². The number of carbonyl (C=O) groups is 2. The third-order valence-electron chi connectivity index (χ3n) is 3.11. The van der Waals surface area contributed by atoms with Gasteiger partial charge in [-0.3, -0.25) is 9.59 Å². The maximum Gasteiger partial charge on any atom is 0.221 e. The van der Waals surface area contributed by atoms with Crippen LogP contribution in [-0.4, -0.2) is 35.2 Å². The van der Waals surface area contributed by atoms with E-state index in [-0.39, 0.29) is 24.7 Å². The van der Waals surface area contributed by atoms with Gasteiger partial charge in [-0.15, -0.1) is 0 Å². The molecule has 0 bridgehead atoms. The van der Waals surface area contributed by atoms with Crippen molar-refractivity contribution < 1.29 is 24.5 Å². The smallest absolute Gasteiger partial charge is 0.221 e. The van der Waals surface area contributed by atoms with Crippen molar-refractivity contribution in [3.05, 3.63) is 54.1 Å². The van der Waals surface area contributed by atoms with E-state index in [9.17, 15) is 9.59 Å². The number of nitrogens with two attached hydrogens (primary N) is 1. The third kappa shape index (κ3) is 8.16. The fraction of sp³-hybridized carbons (Fsp3) is 0.263. The summed E-state index contributed by atoms with van der Waals surface area (Å²) in [5.74, 6) is 0.173. The summed E-state index contributed by atoms with van der Waals surface area (Å²) < 4.78 is 5.40. The van der Waals surface area contributed by atoms with E-state index in [1.54, 1.807) is 30.3 Å². The van der Waals surface area contributed by atoms with E-state index < -0.39 is 5.91 Å². The Balaban J connectivity index is 0.000000273. The molecular formula is C19H24N2O5. The third-order valence-corrected chi connectivity index (χ3v) is 3.11. The number of ether oxygens (including phenoxy) is 1. The molecule has 0 aromatic heterocycles. The molecule has 0 aliphatic rings. The Bertz CT molecular complexity index is 719. The second-order valence-corrected chi connectivity index (χ2v) is 5.37. The molecule has 0 saturated carbocycles. The molecular weight excluding hydrogens is 336 g/mol. The highest BCUT2D eigenvalue weighted by molar-refractivity contribution is 5.90. The van der Waals surface area contributed by atoms with Gasteiger partial charge in [-0.05, 0) is 18.2 Å². The Kier molecular flexibility index (Phi) is 9.27. The van der Waals surface area contributed by atoms with Gasteiger partial charge in [-0.25, -0.2) is 0 Å². The molecule has 7 heteroatoms. The van der Waals surface area contributed by atoms with E-state index in [4.69, 9.17) is 20.7 Å². The molecule has 0 aliphatic carbocycles. The Morgan fingerprint density at radius 2 is 1.77 bits per heavy atom. The molecule has 0 spiro atoms. The van der Waals surface area contributed by atoms with Gasteiger partial charge in [0, 0.05) is 25.5 Å². The summed E-state index contributed by atoms with van der Waals surface area (Å²) in [5, 5.41) is 20.4. The van der Waals surface area contributed by atoms with Crippen LogP contribution in [-0.2, 0) is 16.0 Å². The number of nitrogens with one attached hydrogen (secondary N) is 1. The Hall–Kier alpha value is -3.06. The highest BCUT2D eigenvalue weighted by Crippen LogP contribution is 2.23. The van der Waals surface area contributed by atoms with E-state index in [0.29, 0.717) is 30.0 Å². The summed E-state index contributed by atoms with van der Waals surface area (Å²) in [6.45, 7) is 1.99. The second kappa shape index (κ2) is 11.5. The molecule has 5 N–H and O–H groups in total. The first-order chi connectivity index (χ1) is 12.4. The van der Waals surface area contributed by atoms with Gasteiger partial charge in [0.05, 0.1) is 18.7 Å². The average Bonchev–Trinajstić information content (AvgIpc) is 2.58. The number of aliphatic hydroxyl groups excluding tert-OH is 1. The number of primary amides is 1. The van der Waals surface area contributed by atoms with Gasteiger partial charge >= 0.3 is 0 Å². The normalized spacial score (nSPS) is 9.62. The lowest BCUT2D eigenvalue weighted by Gasteiger charge is -2.10. The molecule has 2 aromatic rings. The van der Waals surface area contributed by atoms with E-state index >= 15 is 0 Å². The number of benzene rings is 2. The summed E-state index contributed by atoms with van der Waals surface area (Å²) in [4.78, 5) is 21.3. The van der Waals surface area contributed by atoms with Gasteiger partial charge in [-0.1, -0.05) is 30.3 Å². The number of aromatic hydroxyl groups is 1. The van der Waals surface area contributed by atoms with E-state index in [1.807, 2.05) is 12.1 Å². The summed E-state index contributed by atoms with van der Waals surface area (Å²) in [6, 6.07) is 13.8. The first-order valence-corrected chi connectivity index (χ1v) is 8.09. The standard InChI is InChI=1S/C11H15NO3.C8H9NO2/c1-9(14)12-10-5-2-3-6-11(10)15-8-4-7-13;9-8(11)5-6-3-1-2-4-7(6)10/h2-3,5-6,13H,4,7-8H2,1H3,(H,12,14);1-4,10H,5H2,(H2,9,11). The van der Waals surface area contributed by atoms with Gasteiger partial charge in [0.1, 0.15) is 11.5 Å². The van der Waals surface area contributed by atoms with Crippen molar-refractivity contribution >= 4 is 17.5 Å². The lowest BCUT2D eigenvalue weighted by Crippen LogP contribution is -2.13. The SMILES string of the molecule is CC(=O)Nc1ccccc1OCCCO.NC(=O)Cc1ccccc1O. The summed E-state index contributed by atoms with van der Waals surface area (Å²) in [6.07, 6.45) is 0.668. The lowest BCUT2D eigenvalue weighted by atomic mass is 10.1. The van der Waals surface area contributed by atoms with Gasteiger partial charge in [-0.2, -0.15) is 0 Å². The molecule has 140 valence electrons. The summed E-state index contributed by atoms with van der Waals surface area (Å²) in [7, 11) is 0. The minimum absolute atomic E-state index is 0.0900. The number of hydrogen-bond acceptors (Lipinski definition) is 5. The molecule has 0 fully saturated rings. The monoisotopic (exact) mass is 360 g/mol. The molecule has 2 amide bonds. The number of carbonyl (C=O) groups excluding carboxylic acids is 2. The largest absolute Gasteiger partial charge is 0.508 e. The van der Waals surface area contributed by atoms with Crippen LogP contribution in [0.25, 0.3) is 0 Å². The quantitative estimate of drug-likeness (QED) is 0.561. The van der Waals surface area contributed by atoms with Crippen molar-refractivity contribution in [1.29, 1.82) is 0 Å². The fourth-order valence-electron chi connectivity index (χ4n) is 1.98. The molecule has 0 heterocycles. The number of hydrogen-bond donors (Lipinski definition) is 4.